The van der Waals surface area contributed by atoms with Crippen molar-refractivity contribution in [1.29, 1.82) is 5.26 Å². The van der Waals surface area contributed by atoms with Crippen molar-refractivity contribution in [2.75, 3.05) is 18.5 Å². The number of thiophene rings is 1. The number of anilines is 1. The quantitative estimate of drug-likeness (QED) is 0.859. The molecule has 27 heavy (non-hydrogen) atoms. The number of nitrogens with zero attached hydrogens (tertiary/aromatic N) is 2. The molecule has 7 nitrogen and oxygen atoms in total. The van der Waals surface area contributed by atoms with Crippen LogP contribution in [0.15, 0.2) is 24.3 Å². The third kappa shape index (κ3) is 3.22. The van der Waals surface area contributed by atoms with E-state index in [0.717, 1.165) is 10.4 Å². The smallest absolute Gasteiger partial charge is 0.269 e. The Morgan fingerprint density at radius 3 is 2.85 bits per heavy atom. The van der Waals surface area contributed by atoms with Gasteiger partial charge in [0.25, 0.3) is 5.91 Å². The third-order valence-electron chi connectivity index (χ3n) is 4.65. The Balaban J connectivity index is 1.53. The molecule has 8 heteroatoms. The fraction of sp³-hybridized carbons (Fsp3) is 0.316. The number of nitrogens with one attached hydrogen (secondary N) is 1. The zero-order chi connectivity index (χ0) is 19.0. The molecule has 0 saturated carbocycles. The maximum Gasteiger partial charge on any atom is 0.269 e. The third-order valence-corrected chi connectivity index (χ3v) is 5.78. The molecule has 2 aliphatic rings. The van der Waals surface area contributed by atoms with Gasteiger partial charge in [0.1, 0.15) is 17.7 Å². The summed E-state index contributed by atoms with van der Waals surface area (Å²) in [5.41, 5.74) is 1.39. The fourth-order valence-electron chi connectivity index (χ4n) is 3.22. The second-order valence-corrected chi connectivity index (χ2v) is 7.47. The summed E-state index contributed by atoms with van der Waals surface area (Å²) < 4.78 is 11.3. The van der Waals surface area contributed by atoms with Crippen LogP contribution < -0.4 is 14.8 Å². The van der Waals surface area contributed by atoms with Crippen molar-refractivity contribution in [3.05, 3.63) is 40.3 Å². The van der Waals surface area contributed by atoms with Gasteiger partial charge >= 0.3 is 0 Å². The van der Waals surface area contributed by atoms with Crippen molar-refractivity contribution in [1.82, 2.24) is 4.90 Å². The number of ether oxygens (including phenoxy) is 2. The first-order valence-electron chi connectivity index (χ1n) is 8.56. The minimum atomic E-state index is -0.792. The highest BCUT2D eigenvalue weighted by Crippen LogP contribution is 2.37. The van der Waals surface area contributed by atoms with Crippen LogP contribution in [0.2, 0.25) is 0 Å². The molecule has 1 unspecified atom stereocenters. The Bertz CT molecular complexity index is 962. The SMILES string of the molecule is CC(=O)N1CCc2c(sc(NC(=O)C3COc4ccccc4O3)c2C#N)C1. The normalized spacial score (nSPS) is 17.6. The van der Waals surface area contributed by atoms with Crippen molar-refractivity contribution >= 4 is 28.2 Å². The molecule has 1 aromatic heterocycles. The Labute approximate surface area is 160 Å². The number of fused-ring (bicyclic) bond motifs is 2. The summed E-state index contributed by atoms with van der Waals surface area (Å²) >= 11 is 1.34. The van der Waals surface area contributed by atoms with E-state index in [-0.39, 0.29) is 18.4 Å². The predicted octanol–water partition coefficient (Wildman–Crippen LogP) is 2.30. The molecule has 1 aromatic carbocycles. The van der Waals surface area contributed by atoms with Crippen LogP contribution in [0.4, 0.5) is 5.00 Å². The number of amides is 2. The van der Waals surface area contributed by atoms with Gasteiger partial charge in [0.2, 0.25) is 12.0 Å². The summed E-state index contributed by atoms with van der Waals surface area (Å²) in [5.74, 6) is 0.773. The largest absolute Gasteiger partial charge is 0.485 e. The van der Waals surface area contributed by atoms with Crippen LogP contribution in [0.3, 0.4) is 0 Å². The number of para-hydroxylation sites is 2. The second-order valence-electron chi connectivity index (χ2n) is 6.36. The van der Waals surface area contributed by atoms with Gasteiger partial charge in [0.15, 0.2) is 11.5 Å². The van der Waals surface area contributed by atoms with Crippen molar-refractivity contribution < 1.29 is 19.1 Å². The van der Waals surface area contributed by atoms with Gasteiger partial charge in [0, 0.05) is 18.3 Å². The highest BCUT2D eigenvalue weighted by Gasteiger charge is 2.30. The first-order chi connectivity index (χ1) is 13.1. The van der Waals surface area contributed by atoms with Crippen LogP contribution in [0.25, 0.3) is 0 Å². The lowest BCUT2D eigenvalue weighted by Gasteiger charge is -2.25. The molecule has 0 spiro atoms. The van der Waals surface area contributed by atoms with Crippen LogP contribution in [-0.2, 0) is 22.6 Å². The van der Waals surface area contributed by atoms with Gasteiger partial charge in [-0.1, -0.05) is 12.1 Å². The van der Waals surface area contributed by atoms with Gasteiger partial charge in [-0.15, -0.1) is 11.3 Å². The average Bonchev–Trinajstić information content (AvgIpc) is 3.03. The van der Waals surface area contributed by atoms with Gasteiger partial charge in [-0.05, 0) is 24.1 Å². The molecule has 0 radical (unpaired) electrons. The van der Waals surface area contributed by atoms with Crippen LogP contribution in [-0.4, -0.2) is 36.0 Å². The van der Waals surface area contributed by atoms with Gasteiger partial charge in [-0.2, -0.15) is 5.26 Å². The highest BCUT2D eigenvalue weighted by atomic mass is 32.1. The number of carbonyl (C=O) groups is 2. The monoisotopic (exact) mass is 383 g/mol. The fourth-order valence-corrected chi connectivity index (χ4v) is 4.44. The van der Waals surface area contributed by atoms with E-state index in [1.54, 1.807) is 17.0 Å². The zero-order valence-electron chi connectivity index (χ0n) is 14.7. The van der Waals surface area contributed by atoms with Crippen molar-refractivity contribution in [3.8, 4) is 17.6 Å². The van der Waals surface area contributed by atoms with E-state index < -0.39 is 6.10 Å². The molecule has 0 aliphatic carbocycles. The second kappa shape index (κ2) is 6.93. The molecule has 0 saturated heterocycles. The maximum absolute atomic E-state index is 12.6. The number of nitriles is 1. The standard InChI is InChI=1S/C19H17N3O4S/c1-11(23)22-7-6-12-13(8-20)19(27-17(12)9-22)21-18(24)16-10-25-14-4-2-3-5-15(14)26-16/h2-5,16H,6-7,9-10H2,1H3,(H,21,24). The molecular formula is C19H17N3O4S. The number of benzene rings is 1. The van der Waals surface area contributed by atoms with E-state index in [2.05, 4.69) is 11.4 Å². The van der Waals surface area contributed by atoms with Crippen molar-refractivity contribution in [2.24, 2.45) is 0 Å². The molecule has 1 N–H and O–H groups in total. The van der Waals surface area contributed by atoms with Crippen LogP contribution in [0.1, 0.15) is 22.9 Å². The Hall–Kier alpha value is -3.05. The van der Waals surface area contributed by atoms with E-state index in [1.807, 2.05) is 12.1 Å². The van der Waals surface area contributed by atoms with E-state index in [4.69, 9.17) is 9.47 Å². The molecule has 2 aromatic rings. The van der Waals surface area contributed by atoms with Gasteiger partial charge < -0.3 is 19.7 Å². The minimum absolute atomic E-state index is 0.00422. The van der Waals surface area contributed by atoms with Gasteiger partial charge in [0.05, 0.1) is 12.1 Å². The van der Waals surface area contributed by atoms with E-state index in [9.17, 15) is 14.9 Å². The summed E-state index contributed by atoms with van der Waals surface area (Å²) in [6, 6.07) is 9.37. The highest BCUT2D eigenvalue weighted by molar-refractivity contribution is 7.16. The van der Waals surface area contributed by atoms with E-state index >= 15 is 0 Å². The maximum atomic E-state index is 12.6. The predicted molar refractivity (Wildman–Crippen MR) is 98.8 cm³/mol. The molecule has 2 aliphatic heterocycles. The number of carbonyl (C=O) groups excluding carboxylic acids is 2. The summed E-state index contributed by atoms with van der Waals surface area (Å²) in [6.45, 7) is 2.69. The molecule has 4 rings (SSSR count). The van der Waals surface area contributed by atoms with E-state index in [1.165, 1.54) is 18.3 Å². The van der Waals surface area contributed by atoms with Gasteiger partial charge in [-0.3, -0.25) is 9.59 Å². The summed E-state index contributed by atoms with van der Waals surface area (Å²) in [5, 5.41) is 12.9. The summed E-state index contributed by atoms with van der Waals surface area (Å²) in [4.78, 5) is 26.9. The molecule has 2 amide bonds. The number of hydrogen-bond donors (Lipinski definition) is 1. The molecule has 0 fully saturated rings. The number of rotatable bonds is 2. The van der Waals surface area contributed by atoms with Crippen LogP contribution >= 0.6 is 11.3 Å². The van der Waals surface area contributed by atoms with Gasteiger partial charge in [-0.25, -0.2) is 0 Å². The van der Waals surface area contributed by atoms with Crippen molar-refractivity contribution in [3.63, 3.8) is 0 Å². The molecule has 3 heterocycles. The molecular weight excluding hydrogens is 366 g/mol. The first-order valence-corrected chi connectivity index (χ1v) is 9.38. The molecule has 0 bridgehead atoms. The lowest BCUT2D eigenvalue weighted by molar-refractivity contribution is -0.129. The lowest BCUT2D eigenvalue weighted by atomic mass is 10.0. The molecule has 1 atom stereocenters. The zero-order valence-corrected chi connectivity index (χ0v) is 15.5. The van der Waals surface area contributed by atoms with Crippen LogP contribution in [0, 0.1) is 11.3 Å². The van der Waals surface area contributed by atoms with Crippen LogP contribution in [0.5, 0.6) is 11.5 Å². The summed E-state index contributed by atoms with van der Waals surface area (Å²) in [7, 11) is 0. The Morgan fingerprint density at radius 2 is 2.11 bits per heavy atom. The average molecular weight is 383 g/mol. The lowest BCUT2D eigenvalue weighted by Crippen LogP contribution is -2.40. The topological polar surface area (TPSA) is 91.7 Å². The molecule has 138 valence electrons. The first kappa shape index (κ1) is 17.4. The Kier molecular flexibility index (Phi) is 4.46. The summed E-state index contributed by atoms with van der Waals surface area (Å²) in [6.07, 6.45) is -0.181. The Morgan fingerprint density at radius 1 is 1.33 bits per heavy atom. The number of hydrogen-bond acceptors (Lipinski definition) is 6. The minimum Gasteiger partial charge on any atom is -0.485 e. The van der Waals surface area contributed by atoms with Crippen molar-refractivity contribution in [2.45, 2.75) is 26.0 Å². The van der Waals surface area contributed by atoms with E-state index in [0.29, 0.717) is 41.6 Å².